The van der Waals surface area contributed by atoms with Gasteiger partial charge in [-0.1, -0.05) is 12.2 Å². The fourth-order valence-electron chi connectivity index (χ4n) is 0.530. The number of β-amino-alcohol motifs (C(OH)–C–C–N with tert-alkyl or cyclic N) is 1. The first-order valence-electron chi connectivity index (χ1n) is 2.13. The lowest BCUT2D eigenvalue weighted by atomic mass is 10.2. The Morgan fingerprint density at radius 3 is 2.43 bits per heavy atom. The monoisotopic (exact) mass is 116 g/mol. The maximum atomic E-state index is 8.62. The van der Waals surface area contributed by atoms with E-state index in [1.807, 2.05) is 0 Å². The van der Waals surface area contributed by atoms with E-state index in [0.717, 1.165) is 0 Å². The van der Waals surface area contributed by atoms with Gasteiger partial charge in [0.05, 0.1) is 6.10 Å². The van der Waals surface area contributed by atoms with E-state index in [1.165, 1.54) is 0 Å². The molecule has 1 heterocycles. The third-order valence-corrected chi connectivity index (χ3v) is 1.25. The zero-order chi connectivity index (χ0) is 5.28. The van der Waals surface area contributed by atoms with E-state index in [1.54, 1.807) is 4.90 Å². The molecule has 1 aliphatic rings. The highest BCUT2D eigenvalue weighted by Gasteiger charge is 2.20. The quantitative estimate of drug-likeness (QED) is 0.467. The lowest BCUT2D eigenvalue weighted by Gasteiger charge is -2.32. The third kappa shape index (κ3) is 0.894. The van der Waals surface area contributed by atoms with E-state index in [4.69, 9.17) is 5.11 Å². The van der Waals surface area contributed by atoms with Crippen LogP contribution in [0.4, 0.5) is 0 Å². The van der Waals surface area contributed by atoms with Crippen molar-refractivity contribution in [3.05, 3.63) is 0 Å². The molecule has 0 bridgehead atoms. The number of likely N-dealkylation sites (tertiary alicyclic amines) is 1. The summed E-state index contributed by atoms with van der Waals surface area (Å²) >= 11 is 4.44. The topological polar surface area (TPSA) is 23.5 Å². The number of aliphatic hydroxyl groups is 1. The minimum absolute atomic E-state index is 0.157. The van der Waals surface area contributed by atoms with Crippen molar-refractivity contribution >= 4 is 17.7 Å². The van der Waals surface area contributed by atoms with Crippen molar-refractivity contribution in [2.45, 2.75) is 6.10 Å². The molecule has 1 N–H and O–H groups in total. The highest BCUT2D eigenvalue weighted by atomic mass is 32.1. The van der Waals surface area contributed by atoms with Crippen LogP contribution in [-0.2, 0) is 0 Å². The van der Waals surface area contributed by atoms with E-state index in [-0.39, 0.29) is 6.10 Å². The van der Waals surface area contributed by atoms with Crippen LogP contribution in [0.1, 0.15) is 0 Å². The van der Waals surface area contributed by atoms with Gasteiger partial charge in [-0.05, 0) is 0 Å². The maximum Gasteiger partial charge on any atom is 0.137 e. The van der Waals surface area contributed by atoms with Gasteiger partial charge >= 0.3 is 0 Å². The molecule has 1 rings (SSSR count). The van der Waals surface area contributed by atoms with Crippen LogP contribution in [0, 0.1) is 0 Å². The Balaban J connectivity index is 2.17. The molecule has 0 aromatic rings. The van der Waals surface area contributed by atoms with Crippen LogP contribution < -0.4 is 0 Å². The number of hydrogen-bond donors (Lipinski definition) is 1. The van der Waals surface area contributed by atoms with Gasteiger partial charge in [0.15, 0.2) is 0 Å². The summed E-state index contributed by atoms with van der Waals surface area (Å²) < 4.78 is 0. The largest absolute Gasteiger partial charge is 0.389 e. The molecule has 7 heavy (non-hydrogen) atoms. The summed E-state index contributed by atoms with van der Waals surface area (Å²) in [6.45, 7) is 1.34. The molecule has 39 valence electrons. The second-order valence-electron chi connectivity index (χ2n) is 1.65. The van der Waals surface area contributed by atoms with Crippen molar-refractivity contribution in [3.8, 4) is 0 Å². The predicted molar refractivity (Wildman–Crippen MR) is 30.2 cm³/mol. The molecule has 2 nitrogen and oxygen atoms in total. The Morgan fingerprint density at radius 1 is 1.71 bits per heavy atom. The Morgan fingerprint density at radius 2 is 2.29 bits per heavy atom. The fourth-order valence-corrected chi connectivity index (χ4v) is 0.679. The van der Waals surface area contributed by atoms with Crippen LogP contribution in [0.15, 0.2) is 0 Å². The van der Waals surface area contributed by atoms with Crippen molar-refractivity contribution < 1.29 is 5.11 Å². The first kappa shape index (κ1) is 5.00. The molecule has 0 atom stereocenters. The van der Waals surface area contributed by atoms with E-state index in [0.29, 0.717) is 13.1 Å². The summed E-state index contributed by atoms with van der Waals surface area (Å²) in [7, 11) is 0. The summed E-state index contributed by atoms with van der Waals surface area (Å²) in [6.07, 6.45) is -0.157. The summed E-state index contributed by atoms with van der Waals surface area (Å²) in [5.41, 5.74) is 2.49. The van der Waals surface area contributed by atoms with Gasteiger partial charge in [-0.15, -0.1) is 0 Å². The summed E-state index contributed by atoms with van der Waals surface area (Å²) in [6, 6.07) is 0. The second kappa shape index (κ2) is 1.76. The van der Waals surface area contributed by atoms with Gasteiger partial charge < -0.3 is 10.0 Å². The Hall–Kier alpha value is -0.150. The lowest BCUT2D eigenvalue weighted by molar-refractivity contribution is 0.0512. The van der Waals surface area contributed by atoms with Gasteiger partial charge in [0, 0.05) is 13.1 Å². The summed E-state index contributed by atoms with van der Waals surface area (Å²) in [5, 5.41) is 8.62. The molecule has 0 amide bonds. The van der Waals surface area contributed by atoms with Crippen molar-refractivity contribution in [3.63, 3.8) is 0 Å². The van der Waals surface area contributed by atoms with Crippen LogP contribution in [0.2, 0.25) is 0 Å². The zero-order valence-electron chi connectivity index (χ0n) is 3.79. The van der Waals surface area contributed by atoms with Gasteiger partial charge in [0.25, 0.3) is 0 Å². The van der Waals surface area contributed by atoms with E-state index in [9.17, 15) is 0 Å². The van der Waals surface area contributed by atoms with E-state index < -0.39 is 0 Å². The number of hydrogen-bond acceptors (Lipinski definition) is 2. The molecule has 0 aliphatic carbocycles. The molecule has 0 saturated carbocycles. The minimum Gasteiger partial charge on any atom is -0.389 e. The number of aliphatic hydroxyl groups excluding tert-OH is 1. The smallest absolute Gasteiger partial charge is 0.137 e. The summed E-state index contributed by atoms with van der Waals surface area (Å²) in [5.74, 6) is 0. The molecule has 0 aromatic heterocycles. The molecule has 1 aliphatic heterocycles. The number of thiocarbonyl (C=S) groups is 1. The minimum atomic E-state index is -0.157. The highest BCUT2D eigenvalue weighted by molar-refractivity contribution is 7.78. The van der Waals surface area contributed by atoms with E-state index >= 15 is 0 Å². The molecule has 1 radical (unpaired) electrons. The van der Waals surface area contributed by atoms with E-state index in [2.05, 4.69) is 17.7 Å². The fraction of sp³-hybridized carbons (Fsp3) is 0.750. The van der Waals surface area contributed by atoms with Crippen molar-refractivity contribution in [1.29, 1.82) is 0 Å². The molecular formula is C4H6NOS. The Kier molecular flexibility index (Phi) is 1.25. The van der Waals surface area contributed by atoms with Crippen LogP contribution in [0.5, 0.6) is 0 Å². The number of nitrogens with zero attached hydrogens (tertiary/aromatic N) is 1. The first-order valence-corrected chi connectivity index (χ1v) is 2.54. The molecule has 3 heteroatoms. The highest BCUT2D eigenvalue weighted by Crippen LogP contribution is 2.02. The van der Waals surface area contributed by atoms with Crippen LogP contribution in [-0.4, -0.2) is 34.7 Å². The van der Waals surface area contributed by atoms with Gasteiger partial charge in [0.2, 0.25) is 0 Å². The number of rotatable bonds is 1. The standard InChI is InChI=1S/C4H6NOS/c6-4-1-5(2-4)3-7/h4,6H,1-2H2. The van der Waals surface area contributed by atoms with Crippen molar-refractivity contribution in [2.75, 3.05) is 13.1 Å². The van der Waals surface area contributed by atoms with Gasteiger partial charge in [-0.3, -0.25) is 0 Å². The average Bonchev–Trinajstić information content (AvgIpc) is 1.58. The Bertz CT molecular complexity index is 79.8. The van der Waals surface area contributed by atoms with Crippen LogP contribution >= 0.6 is 12.2 Å². The first-order chi connectivity index (χ1) is 3.33. The maximum absolute atomic E-state index is 8.62. The molecule has 0 unspecified atom stereocenters. The second-order valence-corrected chi connectivity index (χ2v) is 1.83. The normalized spacial score (nSPS) is 21.6. The third-order valence-electron chi connectivity index (χ3n) is 0.991. The summed E-state index contributed by atoms with van der Waals surface area (Å²) in [4.78, 5) is 1.76. The van der Waals surface area contributed by atoms with Crippen molar-refractivity contribution in [2.24, 2.45) is 0 Å². The molecular weight excluding hydrogens is 110 g/mol. The molecule has 0 aromatic carbocycles. The molecule has 1 saturated heterocycles. The molecule has 1 fully saturated rings. The average molecular weight is 116 g/mol. The van der Waals surface area contributed by atoms with Crippen molar-refractivity contribution in [1.82, 2.24) is 4.90 Å². The molecule has 0 spiro atoms. The van der Waals surface area contributed by atoms with Gasteiger partial charge in [-0.2, -0.15) is 0 Å². The van der Waals surface area contributed by atoms with Crippen LogP contribution in [0.3, 0.4) is 0 Å². The zero-order valence-corrected chi connectivity index (χ0v) is 4.61. The van der Waals surface area contributed by atoms with Gasteiger partial charge in [-0.25, -0.2) is 0 Å². The lowest BCUT2D eigenvalue weighted by Crippen LogP contribution is -2.49. The van der Waals surface area contributed by atoms with Crippen LogP contribution in [0.25, 0.3) is 0 Å². The Labute approximate surface area is 47.7 Å². The SMILES string of the molecule is OC1CN([C]=S)C1. The predicted octanol–water partition coefficient (Wildman–Crippen LogP) is -0.503. The van der Waals surface area contributed by atoms with Gasteiger partial charge in [0.1, 0.15) is 5.49 Å².